The summed E-state index contributed by atoms with van der Waals surface area (Å²) in [6.07, 6.45) is 1.12. The van der Waals surface area contributed by atoms with Crippen molar-refractivity contribution in [3.8, 4) is 0 Å². The van der Waals surface area contributed by atoms with Crippen LogP contribution in [0.3, 0.4) is 0 Å². The van der Waals surface area contributed by atoms with Crippen LogP contribution in [0.25, 0.3) is 0 Å². The minimum atomic E-state index is -4.06. The molecule has 2 N–H and O–H groups in total. The Labute approximate surface area is 205 Å². The van der Waals surface area contributed by atoms with Crippen LogP contribution in [-0.2, 0) is 19.9 Å². The molecule has 0 heterocycles. The number of hydrogen-bond donors (Lipinski definition) is 2. The standard InChI is InChI=1S/C24H25ClN2O5S2/c1-15-5-6-16(2)22(13-15)27-34(31,32)23-14-19(9-12-21(23)25)24(28)26-17(3)18-7-10-20(11-8-18)33(4,29)30/h5-14,17,27H,1-4H3,(H,26,28)/t17-/m0/s1. The second kappa shape index (κ2) is 9.77. The molecule has 3 aromatic carbocycles. The first-order valence-electron chi connectivity index (χ1n) is 10.3. The van der Waals surface area contributed by atoms with Gasteiger partial charge in [0.15, 0.2) is 9.84 Å². The molecule has 0 saturated carbocycles. The maximum Gasteiger partial charge on any atom is 0.263 e. The van der Waals surface area contributed by atoms with Crippen molar-refractivity contribution in [3.05, 3.63) is 87.9 Å². The molecule has 1 amide bonds. The molecule has 0 aliphatic heterocycles. The van der Waals surface area contributed by atoms with E-state index in [1.807, 2.05) is 19.1 Å². The highest BCUT2D eigenvalue weighted by Crippen LogP contribution is 2.27. The predicted octanol–water partition coefficient (Wildman–Crippen LogP) is 4.65. The summed E-state index contributed by atoms with van der Waals surface area (Å²) in [6, 6.07) is 15.2. The maximum absolute atomic E-state index is 13.0. The van der Waals surface area contributed by atoms with Gasteiger partial charge in [0.1, 0.15) is 4.90 Å². The average Bonchev–Trinajstić information content (AvgIpc) is 2.75. The van der Waals surface area contributed by atoms with Crippen LogP contribution in [0.2, 0.25) is 5.02 Å². The Kier molecular flexibility index (Phi) is 7.40. The number of carbonyl (C=O) groups is 1. The lowest BCUT2D eigenvalue weighted by Gasteiger charge is -2.16. The van der Waals surface area contributed by atoms with E-state index in [4.69, 9.17) is 11.6 Å². The van der Waals surface area contributed by atoms with E-state index in [-0.39, 0.29) is 20.4 Å². The van der Waals surface area contributed by atoms with Gasteiger partial charge in [0.25, 0.3) is 15.9 Å². The van der Waals surface area contributed by atoms with Gasteiger partial charge < -0.3 is 5.32 Å². The number of halogens is 1. The topological polar surface area (TPSA) is 109 Å². The summed E-state index contributed by atoms with van der Waals surface area (Å²) in [5.41, 5.74) is 2.87. The third kappa shape index (κ3) is 5.97. The number of rotatable bonds is 7. The van der Waals surface area contributed by atoms with Crippen molar-refractivity contribution in [1.29, 1.82) is 0 Å². The fourth-order valence-corrected chi connectivity index (χ4v) is 5.54. The lowest BCUT2D eigenvalue weighted by Crippen LogP contribution is -2.27. The van der Waals surface area contributed by atoms with Crippen molar-refractivity contribution in [1.82, 2.24) is 5.32 Å². The number of aryl methyl sites for hydroxylation is 2. The molecule has 0 aromatic heterocycles. The molecule has 0 spiro atoms. The minimum absolute atomic E-state index is 0.0150. The Morgan fingerprint density at radius 3 is 2.18 bits per heavy atom. The number of anilines is 1. The van der Waals surface area contributed by atoms with Gasteiger partial charge in [-0.3, -0.25) is 9.52 Å². The van der Waals surface area contributed by atoms with Crippen LogP contribution in [0.5, 0.6) is 0 Å². The van der Waals surface area contributed by atoms with E-state index in [9.17, 15) is 21.6 Å². The second-order valence-corrected chi connectivity index (χ2v) is 12.2. The fraction of sp³-hybridized carbons (Fsp3) is 0.208. The summed E-state index contributed by atoms with van der Waals surface area (Å²) >= 11 is 6.18. The molecule has 180 valence electrons. The van der Waals surface area contributed by atoms with Crippen molar-refractivity contribution in [3.63, 3.8) is 0 Å². The highest BCUT2D eigenvalue weighted by molar-refractivity contribution is 7.92. The molecule has 0 saturated heterocycles. The fourth-order valence-electron chi connectivity index (χ4n) is 3.26. The van der Waals surface area contributed by atoms with Crippen molar-refractivity contribution >= 4 is 43.1 Å². The third-order valence-corrected chi connectivity index (χ3v) is 8.25. The quantitative estimate of drug-likeness (QED) is 0.471. The van der Waals surface area contributed by atoms with Crippen molar-refractivity contribution in [2.75, 3.05) is 11.0 Å². The Hall–Kier alpha value is -2.88. The van der Waals surface area contributed by atoms with E-state index in [0.717, 1.165) is 17.4 Å². The highest BCUT2D eigenvalue weighted by Gasteiger charge is 2.22. The van der Waals surface area contributed by atoms with Gasteiger partial charge in [-0.15, -0.1) is 0 Å². The zero-order valence-electron chi connectivity index (χ0n) is 19.1. The zero-order chi connectivity index (χ0) is 25.3. The molecule has 3 rings (SSSR count). The number of hydrogen-bond acceptors (Lipinski definition) is 5. The van der Waals surface area contributed by atoms with Crippen LogP contribution in [0, 0.1) is 13.8 Å². The minimum Gasteiger partial charge on any atom is -0.346 e. The molecular weight excluding hydrogens is 496 g/mol. The Balaban J connectivity index is 1.83. The van der Waals surface area contributed by atoms with Crippen molar-refractivity contribution < 1.29 is 21.6 Å². The highest BCUT2D eigenvalue weighted by atomic mass is 35.5. The summed E-state index contributed by atoms with van der Waals surface area (Å²) in [5.74, 6) is -0.500. The molecule has 34 heavy (non-hydrogen) atoms. The van der Waals surface area contributed by atoms with Crippen molar-refractivity contribution in [2.24, 2.45) is 0 Å². The SMILES string of the molecule is Cc1ccc(C)c(NS(=O)(=O)c2cc(C(=O)N[C@@H](C)c3ccc(S(C)(=O)=O)cc3)ccc2Cl)c1. The largest absolute Gasteiger partial charge is 0.346 e. The first-order chi connectivity index (χ1) is 15.8. The van der Waals surface area contributed by atoms with Gasteiger partial charge in [-0.2, -0.15) is 0 Å². The van der Waals surface area contributed by atoms with Gasteiger partial charge in [-0.05, 0) is 73.9 Å². The van der Waals surface area contributed by atoms with E-state index in [2.05, 4.69) is 10.0 Å². The Morgan fingerprint density at radius 2 is 1.56 bits per heavy atom. The molecule has 0 radical (unpaired) electrons. The van der Waals surface area contributed by atoms with E-state index in [1.165, 1.54) is 30.3 Å². The smallest absolute Gasteiger partial charge is 0.263 e. The number of carbonyl (C=O) groups excluding carboxylic acids is 1. The van der Waals surface area contributed by atoms with Crippen molar-refractivity contribution in [2.45, 2.75) is 36.6 Å². The first-order valence-corrected chi connectivity index (χ1v) is 14.0. The molecule has 0 aliphatic rings. The normalized spacial score (nSPS) is 12.7. The van der Waals surface area contributed by atoms with Crippen LogP contribution >= 0.6 is 11.6 Å². The molecule has 1 atom stereocenters. The second-order valence-electron chi connectivity index (χ2n) is 8.11. The van der Waals surface area contributed by atoms with Crippen LogP contribution < -0.4 is 10.0 Å². The van der Waals surface area contributed by atoms with Crippen LogP contribution in [0.1, 0.15) is 40.0 Å². The van der Waals surface area contributed by atoms with Gasteiger partial charge in [0.05, 0.1) is 21.6 Å². The van der Waals surface area contributed by atoms with Crippen LogP contribution in [0.4, 0.5) is 5.69 Å². The summed E-state index contributed by atoms with van der Waals surface area (Å²) in [6.45, 7) is 5.38. The van der Waals surface area contributed by atoms with Gasteiger partial charge >= 0.3 is 0 Å². The summed E-state index contributed by atoms with van der Waals surface area (Å²) in [5, 5.41) is 2.77. The molecule has 0 fully saturated rings. The summed E-state index contributed by atoms with van der Waals surface area (Å²) < 4.78 is 51.9. The third-order valence-electron chi connectivity index (χ3n) is 5.28. The van der Waals surface area contributed by atoms with Gasteiger partial charge in [-0.25, -0.2) is 16.8 Å². The average molecular weight is 521 g/mol. The number of sulfonamides is 1. The molecule has 0 unspecified atom stereocenters. The Bertz CT molecular complexity index is 1450. The molecule has 0 aliphatic carbocycles. The lowest BCUT2D eigenvalue weighted by atomic mass is 10.1. The molecule has 10 heteroatoms. The summed E-state index contributed by atoms with van der Waals surface area (Å²) in [7, 11) is -7.38. The summed E-state index contributed by atoms with van der Waals surface area (Å²) in [4.78, 5) is 12.8. The maximum atomic E-state index is 13.0. The molecule has 3 aromatic rings. The monoisotopic (exact) mass is 520 g/mol. The number of benzene rings is 3. The number of amides is 1. The van der Waals surface area contributed by atoms with Crippen LogP contribution in [-0.4, -0.2) is 29.0 Å². The van der Waals surface area contributed by atoms with E-state index >= 15 is 0 Å². The van der Waals surface area contributed by atoms with E-state index in [0.29, 0.717) is 11.3 Å². The van der Waals surface area contributed by atoms with E-state index < -0.39 is 31.8 Å². The number of nitrogens with one attached hydrogen (secondary N) is 2. The van der Waals surface area contributed by atoms with Gasteiger partial charge in [0, 0.05) is 11.8 Å². The number of sulfone groups is 1. The molecular formula is C24H25ClN2O5S2. The van der Waals surface area contributed by atoms with E-state index in [1.54, 1.807) is 32.0 Å². The zero-order valence-corrected chi connectivity index (χ0v) is 21.5. The first kappa shape index (κ1) is 25.7. The molecule has 0 bridgehead atoms. The van der Waals surface area contributed by atoms with Gasteiger partial charge in [-0.1, -0.05) is 35.9 Å². The van der Waals surface area contributed by atoms with Gasteiger partial charge in [0.2, 0.25) is 0 Å². The van der Waals surface area contributed by atoms with Crippen LogP contribution in [0.15, 0.2) is 70.5 Å². The predicted molar refractivity (Wildman–Crippen MR) is 134 cm³/mol. The lowest BCUT2D eigenvalue weighted by molar-refractivity contribution is 0.0939. The molecule has 7 nitrogen and oxygen atoms in total. The Morgan fingerprint density at radius 1 is 0.912 bits per heavy atom.